The molecule has 2 rings (SSSR count). The monoisotopic (exact) mass is 294 g/mol. The van der Waals surface area contributed by atoms with E-state index in [-0.39, 0.29) is 0 Å². The van der Waals surface area contributed by atoms with Gasteiger partial charge in [0, 0.05) is 11.8 Å². The first-order chi connectivity index (χ1) is 10.3. The Balaban J connectivity index is 2.28. The van der Waals surface area contributed by atoms with Gasteiger partial charge in [0.25, 0.3) is 0 Å². The van der Waals surface area contributed by atoms with Gasteiger partial charge in [-0.1, -0.05) is 42.5 Å². The minimum atomic E-state index is 0.979. The van der Waals surface area contributed by atoms with E-state index in [1.807, 2.05) is 42.2 Å². The smallest absolute Gasteiger partial charge is 0.0918 e. The van der Waals surface area contributed by atoms with Crippen LogP contribution < -0.4 is 0 Å². The van der Waals surface area contributed by atoms with Crippen molar-refractivity contribution in [3.05, 3.63) is 64.9 Å². The van der Waals surface area contributed by atoms with Crippen LogP contribution in [0.25, 0.3) is 6.08 Å². The van der Waals surface area contributed by atoms with Crippen LogP contribution in [0, 0.1) is 11.3 Å². The van der Waals surface area contributed by atoms with Crippen molar-refractivity contribution in [2.24, 2.45) is 4.99 Å². The van der Waals surface area contributed by atoms with Crippen molar-refractivity contribution in [1.82, 2.24) is 0 Å². The number of benzene rings is 1. The van der Waals surface area contributed by atoms with E-state index in [4.69, 9.17) is 5.26 Å². The van der Waals surface area contributed by atoms with Gasteiger partial charge in [-0.05, 0) is 42.2 Å². The van der Waals surface area contributed by atoms with Crippen LogP contribution >= 0.6 is 11.8 Å². The molecule has 106 valence electrons. The van der Waals surface area contributed by atoms with Gasteiger partial charge in [0.1, 0.15) is 0 Å². The number of thioether (sulfide) groups is 1. The molecule has 1 aromatic rings. The molecule has 0 saturated carbocycles. The fourth-order valence-electron chi connectivity index (χ4n) is 2.35. The minimum absolute atomic E-state index is 0.979. The number of nitrogens with zero attached hydrogens (tertiary/aromatic N) is 2. The highest BCUT2D eigenvalue weighted by molar-refractivity contribution is 8.11. The molecule has 0 atom stereocenters. The fourth-order valence-corrected chi connectivity index (χ4v) is 2.59. The SMILES string of the molecule is CS/C=N/C1=C(C(/C=C/c2ccccc2)=C/C#N)CCC1. The molecule has 21 heavy (non-hydrogen) atoms. The Labute approximate surface area is 130 Å². The Kier molecular flexibility index (Phi) is 6.05. The first-order valence-corrected chi connectivity index (χ1v) is 8.24. The summed E-state index contributed by atoms with van der Waals surface area (Å²) in [5.41, 5.74) is 6.30. The van der Waals surface area contributed by atoms with Gasteiger partial charge in [0.2, 0.25) is 0 Å². The van der Waals surface area contributed by atoms with E-state index >= 15 is 0 Å². The molecular formula is C18H18N2S. The molecular weight excluding hydrogens is 276 g/mol. The zero-order valence-electron chi connectivity index (χ0n) is 12.1. The zero-order chi connectivity index (χ0) is 14.9. The molecule has 1 aromatic carbocycles. The molecule has 1 aliphatic carbocycles. The number of nitriles is 1. The van der Waals surface area contributed by atoms with Crippen molar-refractivity contribution in [2.75, 3.05) is 6.26 Å². The molecule has 0 radical (unpaired) electrons. The van der Waals surface area contributed by atoms with Crippen molar-refractivity contribution >= 4 is 23.4 Å². The molecule has 0 bridgehead atoms. The van der Waals surface area contributed by atoms with E-state index < -0.39 is 0 Å². The summed E-state index contributed by atoms with van der Waals surface area (Å²) in [5, 5.41) is 9.03. The number of allylic oxidation sites excluding steroid dienone is 5. The van der Waals surface area contributed by atoms with Gasteiger partial charge >= 0.3 is 0 Å². The number of hydrogen-bond donors (Lipinski definition) is 0. The van der Waals surface area contributed by atoms with E-state index in [1.165, 1.54) is 5.57 Å². The van der Waals surface area contributed by atoms with Crippen LogP contribution in [0.4, 0.5) is 0 Å². The maximum Gasteiger partial charge on any atom is 0.0918 e. The predicted molar refractivity (Wildman–Crippen MR) is 92.1 cm³/mol. The molecule has 0 N–H and O–H groups in total. The molecule has 0 amide bonds. The van der Waals surface area contributed by atoms with Gasteiger partial charge < -0.3 is 0 Å². The van der Waals surface area contributed by atoms with E-state index in [2.05, 4.69) is 23.2 Å². The summed E-state index contributed by atoms with van der Waals surface area (Å²) in [5.74, 6) is 0. The Morgan fingerprint density at radius 1 is 1.29 bits per heavy atom. The van der Waals surface area contributed by atoms with Gasteiger partial charge in [-0.25, -0.2) is 0 Å². The summed E-state index contributed by atoms with van der Waals surface area (Å²) in [7, 11) is 0. The zero-order valence-corrected chi connectivity index (χ0v) is 12.9. The quantitative estimate of drug-likeness (QED) is 0.332. The van der Waals surface area contributed by atoms with Crippen LogP contribution in [-0.4, -0.2) is 11.8 Å². The lowest BCUT2D eigenvalue weighted by molar-refractivity contribution is 0.893. The van der Waals surface area contributed by atoms with Crippen LogP contribution in [0.3, 0.4) is 0 Å². The fraction of sp³-hybridized carbons (Fsp3) is 0.222. The van der Waals surface area contributed by atoms with E-state index in [0.29, 0.717) is 0 Å². The Hall–Kier alpha value is -2.05. The average molecular weight is 294 g/mol. The summed E-state index contributed by atoms with van der Waals surface area (Å²) in [6.07, 6.45) is 10.8. The highest BCUT2D eigenvalue weighted by Gasteiger charge is 2.16. The molecule has 0 saturated heterocycles. The lowest BCUT2D eigenvalue weighted by atomic mass is 10.0. The summed E-state index contributed by atoms with van der Waals surface area (Å²) in [6, 6.07) is 12.3. The molecule has 0 unspecified atom stereocenters. The lowest BCUT2D eigenvalue weighted by Crippen LogP contribution is -1.86. The third-order valence-electron chi connectivity index (χ3n) is 3.33. The standard InChI is InChI=1S/C18H18N2S/c1-21-14-20-18-9-5-8-17(18)16(12-13-19)11-10-15-6-3-2-4-7-15/h2-4,6-7,10-12,14H,5,8-9H2,1H3/b11-10+,16-12+,20-14+. The maximum absolute atomic E-state index is 9.03. The third-order valence-corrected chi connectivity index (χ3v) is 3.64. The Bertz CT molecular complexity index is 631. The number of aliphatic imine (C=N–C) groups is 1. The second-order valence-corrected chi connectivity index (χ2v) is 5.40. The van der Waals surface area contributed by atoms with Crippen LogP contribution in [0.1, 0.15) is 24.8 Å². The average Bonchev–Trinajstić information content (AvgIpc) is 2.98. The highest BCUT2D eigenvalue weighted by Crippen LogP contribution is 2.33. The first kappa shape index (κ1) is 15.3. The normalized spacial score (nSPS) is 16.1. The van der Waals surface area contributed by atoms with Crippen LogP contribution in [0.5, 0.6) is 0 Å². The van der Waals surface area contributed by atoms with Gasteiger partial charge in [0.15, 0.2) is 0 Å². The first-order valence-electron chi connectivity index (χ1n) is 6.96. The number of hydrogen-bond acceptors (Lipinski definition) is 3. The molecule has 0 heterocycles. The topological polar surface area (TPSA) is 36.1 Å². The van der Waals surface area contributed by atoms with Gasteiger partial charge in [-0.15, -0.1) is 11.8 Å². The van der Waals surface area contributed by atoms with Crippen molar-refractivity contribution in [3.8, 4) is 6.07 Å². The molecule has 0 spiro atoms. The van der Waals surface area contributed by atoms with Crippen LogP contribution in [-0.2, 0) is 0 Å². The highest BCUT2D eigenvalue weighted by atomic mass is 32.2. The molecule has 0 fully saturated rings. The summed E-state index contributed by atoms with van der Waals surface area (Å²) in [6.45, 7) is 0. The summed E-state index contributed by atoms with van der Waals surface area (Å²) in [4.78, 5) is 4.51. The molecule has 2 nitrogen and oxygen atoms in total. The van der Waals surface area contributed by atoms with Gasteiger partial charge in [0.05, 0.1) is 11.6 Å². The van der Waals surface area contributed by atoms with Crippen molar-refractivity contribution in [1.29, 1.82) is 5.26 Å². The van der Waals surface area contributed by atoms with E-state index in [1.54, 1.807) is 17.8 Å². The maximum atomic E-state index is 9.03. The van der Waals surface area contributed by atoms with E-state index in [9.17, 15) is 0 Å². The third kappa shape index (κ3) is 4.47. The van der Waals surface area contributed by atoms with Crippen LogP contribution in [0.2, 0.25) is 0 Å². The number of rotatable bonds is 5. The van der Waals surface area contributed by atoms with Gasteiger partial charge in [-0.3, -0.25) is 4.99 Å². The van der Waals surface area contributed by atoms with Gasteiger partial charge in [-0.2, -0.15) is 5.26 Å². The molecule has 0 aromatic heterocycles. The molecule has 1 aliphatic rings. The molecule has 3 heteroatoms. The predicted octanol–water partition coefficient (Wildman–Crippen LogP) is 4.98. The lowest BCUT2D eigenvalue weighted by Gasteiger charge is -2.04. The van der Waals surface area contributed by atoms with Crippen molar-refractivity contribution in [3.63, 3.8) is 0 Å². The second kappa shape index (κ2) is 8.28. The van der Waals surface area contributed by atoms with Crippen molar-refractivity contribution < 1.29 is 0 Å². The summed E-state index contributed by atoms with van der Waals surface area (Å²) >= 11 is 1.60. The molecule has 0 aliphatic heterocycles. The minimum Gasteiger partial charge on any atom is -0.254 e. The Morgan fingerprint density at radius 3 is 2.81 bits per heavy atom. The van der Waals surface area contributed by atoms with Crippen LogP contribution in [0.15, 0.2) is 64.3 Å². The largest absolute Gasteiger partial charge is 0.254 e. The summed E-state index contributed by atoms with van der Waals surface area (Å²) < 4.78 is 0. The second-order valence-electron chi connectivity index (χ2n) is 4.72. The Morgan fingerprint density at radius 2 is 2.10 bits per heavy atom. The van der Waals surface area contributed by atoms with Crippen molar-refractivity contribution in [2.45, 2.75) is 19.3 Å². The van der Waals surface area contributed by atoms with E-state index in [0.717, 1.165) is 36.1 Å².